The van der Waals surface area contributed by atoms with E-state index < -0.39 is 17.8 Å². The van der Waals surface area contributed by atoms with E-state index in [1.54, 1.807) is 36.0 Å². The maximum Gasteiger partial charge on any atom is 0.442 e. The number of para-hydroxylation sites is 1. The molecule has 4 aromatic rings. The van der Waals surface area contributed by atoms with Crippen molar-refractivity contribution >= 4 is 12.2 Å². The van der Waals surface area contributed by atoms with Crippen LogP contribution in [0, 0.1) is 6.92 Å². The van der Waals surface area contributed by atoms with E-state index in [2.05, 4.69) is 20.5 Å². The van der Waals surface area contributed by atoms with Crippen LogP contribution < -0.4 is 4.74 Å². The van der Waals surface area contributed by atoms with Gasteiger partial charge in [-0.1, -0.05) is 59.8 Å². The molecule has 0 unspecified atom stereocenters. The number of esters is 1. The van der Waals surface area contributed by atoms with Crippen LogP contribution in [0.3, 0.4) is 0 Å². The Kier molecular flexibility index (Phi) is 7.56. The zero-order valence-corrected chi connectivity index (χ0v) is 22.0. The Morgan fingerprint density at radius 1 is 0.951 bits per heavy atom. The van der Waals surface area contributed by atoms with Crippen LogP contribution in [0.4, 0.5) is 13.2 Å². The topological polar surface area (TPSA) is 99.7 Å². The quantitative estimate of drug-likeness (QED) is 0.123. The van der Waals surface area contributed by atoms with Gasteiger partial charge in [-0.2, -0.15) is 18.3 Å². The molecule has 210 valence electrons. The molecule has 1 aliphatic rings. The van der Waals surface area contributed by atoms with Gasteiger partial charge in [-0.15, -0.1) is 10.2 Å². The number of hydrogen-bond donors (Lipinski definition) is 0. The number of oxime groups is 1. The fourth-order valence-corrected chi connectivity index (χ4v) is 3.97. The van der Waals surface area contributed by atoms with Gasteiger partial charge in [0.1, 0.15) is 19.0 Å². The highest BCUT2D eigenvalue weighted by Gasteiger charge is 2.65. The van der Waals surface area contributed by atoms with E-state index in [9.17, 15) is 18.0 Å². The molecule has 0 saturated heterocycles. The average Bonchev–Trinajstić information content (AvgIpc) is 3.74. The summed E-state index contributed by atoms with van der Waals surface area (Å²) in [6.45, 7) is 1.90. The van der Waals surface area contributed by atoms with Crippen LogP contribution in [0.25, 0.3) is 0 Å². The van der Waals surface area contributed by atoms with Gasteiger partial charge in [0.25, 0.3) is 0 Å². The van der Waals surface area contributed by atoms with Gasteiger partial charge in [0.15, 0.2) is 0 Å². The van der Waals surface area contributed by atoms with E-state index in [-0.39, 0.29) is 18.8 Å². The van der Waals surface area contributed by atoms with Crippen LogP contribution in [-0.2, 0) is 35.5 Å². The summed E-state index contributed by atoms with van der Waals surface area (Å²) in [7, 11) is 1.78. The van der Waals surface area contributed by atoms with E-state index in [1.807, 2.05) is 37.3 Å². The first-order chi connectivity index (χ1) is 19.7. The molecule has 0 aliphatic carbocycles. The molecule has 0 N–H and O–H groups in total. The van der Waals surface area contributed by atoms with Crippen molar-refractivity contribution in [3.63, 3.8) is 0 Å². The molecule has 0 atom stereocenters. The molecule has 5 rings (SSSR count). The normalized spacial score (nSPS) is 13.8. The predicted molar refractivity (Wildman–Crippen MR) is 141 cm³/mol. The Morgan fingerprint density at radius 2 is 1.59 bits per heavy atom. The van der Waals surface area contributed by atoms with Crippen LogP contribution in [0.1, 0.15) is 38.3 Å². The molecule has 9 nitrogen and oxygen atoms in total. The van der Waals surface area contributed by atoms with E-state index in [0.717, 1.165) is 11.3 Å². The van der Waals surface area contributed by atoms with Crippen molar-refractivity contribution in [1.82, 2.24) is 9.78 Å². The van der Waals surface area contributed by atoms with Crippen molar-refractivity contribution in [1.29, 1.82) is 0 Å². The maximum absolute atomic E-state index is 13.1. The van der Waals surface area contributed by atoms with Crippen LogP contribution in [0.2, 0.25) is 0 Å². The molecule has 0 saturated carbocycles. The number of carbonyl (C=O) groups is 1. The molecule has 3 aromatic carbocycles. The minimum atomic E-state index is -4.59. The van der Waals surface area contributed by atoms with Crippen molar-refractivity contribution in [3.8, 4) is 11.6 Å². The molecule has 0 fully saturated rings. The summed E-state index contributed by atoms with van der Waals surface area (Å²) >= 11 is 0. The van der Waals surface area contributed by atoms with E-state index in [0.29, 0.717) is 28.3 Å². The second-order valence-corrected chi connectivity index (χ2v) is 9.19. The van der Waals surface area contributed by atoms with Gasteiger partial charge in [-0.3, -0.25) is 0 Å². The monoisotopic (exact) mass is 563 g/mol. The molecule has 41 heavy (non-hydrogen) atoms. The second kappa shape index (κ2) is 11.2. The zero-order valence-electron chi connectivity index (χ0n) is 22.0. The standard InChI is InChI=1S/C29H24F3N5O4/c1-19-25(26(37(2)34-19)41-24-6-4-3-5-7-24)16-33-40-18-21-8-12-22(13-9-21)27(38)39-17-20-10-14-23(15-11-20)28(35-36-28)29(30,31)32/h3-16H,17-18H2,1-2H3/b33-16+. The summed E-state index contributed by atoms with van der Waals surface area (Å²) in [6, 6.07) is 21.4. The molecular formula is C29H24F3N5O4. The van der Waals surface area contributed by atoms with E-state index in [4.69, 9.17) is 14.3 Å². The fourth-order valence-electron chi connectivity index (χ4n) is 3.97. The van der Waals surface area contributed by atoms with Crippen molar-refractivity contribution in [3.05, 3.63) is 112 Å². The van der Waals surface area contributed by atoms with Crippen LogP contribution in [0.15, 0.2) is 94.2 Å². The largest absolute Gasteiger partial charge is 0.457 e. The number of benzene rings is 3. The highest BCUT2D eigenvalue weighted by atomic mass is 19.4. The number of hydrogen-bond acceptors (Lipinski definition) is 8. The molecule has 0 amide bonds. The van der Waals surface area contributed by atoms with Gasteiger partial charge >= 0.3 is 17.8 Å². The summed E-state index contributed by atoms with van der Waals surface area (Å²) < 4.78 is 52.3. The molecule has 0 radical (unpaired) electrons. The van der Waals surface area contributed by atoms with E-state index >= 15 is 0 Å². The first-order valence-electron chi connectivity index (χ1n) is 12.4. The summed E-state index contributed by atoms with van der Waals surface area (Å²) in [5.74, 6) is 0.623. The third-order valence-corrected chi connectivity index (χ3v) is 6.27. The van der Waals surface area contributed by atoms with E-state index in [1.165, 1.54) is 30.5 Å². The summed E-state index contributed by atoms with van der Waals surface area (Å²) in [4.78, 5) is 17.9. The van der Waals surface area contributed by atoms with Crippen LogP contribution in [0.5, 0.6) is 11.6 Å². The molecular weight excluding hydrogens is 539 g/mol. The first kappa shape index (κ1) is 27.6. The number of ether oxygens (including phenoxy) is 2. The number of rotatable bonds is 10. The van der Waals surface area contributed by atoms with Gasteiger partial charge < -0.3 is 14.3 Å². The fraction of sp³-hybridized carbons (Fsp3) is 0.207. The lowest BCUT2D eigenvalue weighted by Crippen LogP contribution is -2.30. The number of nitrogens with zero attached hydrogens (tertiary/aromatic N) is 5. The summed E-state index contributed by atoms with van der Waals surface area (Å²) in [5.41, 5.74) is 0.464. The number of alkyl halides is 3. The molecule has 2 heterocycles. The third-order valence-electron chi connectivity index (χ3n) is 6.27. The molecule has 12 heteroatoms. The Hall–Kier alpha value is -5.00. The SMILES string of the molecule is Cc1nn(C)c(Oc2ccccc2)c1/C=N/OCc1ccc(C(=O)OCc2ccc(C3(C(F)(F)F)N=N3)cc2)cc1. The average molecular weight is 564 g/mol. The van der Waals surface area contributed by atoms with Crippen molar-refractivity contribution in [2.45, 2.75) is 32.0 Å². The smallest absolute Gasteiger partial charge is 0.442 e. The Bertz CT molecular complexity index is 1580. The van der Waals surface area contributed by atoms with Gasteiger partial charge in [0.05, 0.1) is 23.0 Å². The predicted octanol–water partition coefficient (Wildman–Crippen LogP) is 6.61. The maximum atomic E-state index is 13.1. The van der Waals surface area contributed by atoms with Crippen LogP contribution >= 0.6 is 0 Å². The lowest BCUT2D eigenvalue weighted by atomic mass is 10.0. The minimum absolute atomic E-state index is 0.0845. The van der Waals surface area contributed by atoms with Crippen molar-refractivity contribution in [2.24, 2.45) is 22.4 Å². The number of halogens is 3. The second-order valence-electron chi connectivity index (χ2n) is 9.19. The molecule has 0 bridgehead atoms. The van der Waals surface area contributed by atoms with Gasteiger partial charge in [0, 0.05) is 12.6 Å². The van der Waals surface area contributed by atoms with Gasteiger partial charge in [0.2, 0.25) is 5.88 Å². The minimum Gasteiger partial charge on any atom is -0.457 e. The first-order valence-corrected chi connectivity index (χ1v) is 12.4. The summed E-state index contributed by atoms with van der Waals surface area (Å²) in [6.07, 6.45) is -3.06. The molecule has 1 aliphatic heterocycles. The van der Waals surface area contributed by atoms with Crippen molar-refractivity contribution < 1.29 is 32.3 Å². The summed E-state index contributed by atoms with van der Waals surface area (Å²) in [5, 5.41) is 14.8. The van der Waals surface area contributed by atoms with Gasteiger partial charge in [-0.05, 0) is 42.3 Å². The van der Waals surface area contributed by atoms with Crippen molar-refractivity contribution in [2.75, 3.05) is 0 Å². The Morgan fingerprint density at radius 3 is 2.22 bits per heavy atom. The van der Waals surface area contributed by atoms with Gasteiger partial charge in [-0.25, -0.2) is 9.48 Å². The highest BCUT2D eigenvalue weighted by Crippen LogP contribution is 2.52. The number of aromatic nitrogens is 2. The zero-order chi connectivity index (χ0) is 29.0. The van der Waals surface area contributed by atoms with Crippen LogP contribution in [-0.4, -0.2) is 28.1 Å². The highest BCUT2D eigenvalue weighted by molar-refractivity contribution is 5.89. The molecule has 0 spiro atoms. The lowest BCUT2D eigenvalue weighted by molar-refractivity contribution is -0.166. The third kappa shape index (κ3) is 6.11. The number of aryl methyl sites for hydroxylation is 2. The lowest BCUT2D eigenvalue weighted by Gasteiger charge is -2.15. The Balaban J connectivity index is 1.11. The molecule has 1 aromatic heterocycles. The Labute approximate surface area is 232 Å². The number of carbonyl (C=O) groups excluding carboxylic acids is 1.